The van der Waals surface area contributed by atoms with E-state index in [1.165, 1.54) is 58.2 Å². The Morgan fingerprint density at radius 3 is 2.78 bits per heavy atom. The zero-order valence-corrected chi connectivity index (χ0v) is 11.9. The molecule has 1 aliphatic heterocycles. The van der Waals surface area contributed by atoms with E-state index in [4.69, 9.17) is 5.11 Å². The zero-order valence-electron chi connectivity index (χ0n) is 11.9. The third kappa shape index (κ3) is 3.94. The molecule has 3 unspecified atom stereocenters. The largest absolute Gasteiger partial charge is 0.396 e. The molecule has 2 rings (SSSR count). The Hall–Kier alpha value is -0.120. The van der Waals surface area contributed by atoms with Gasteiger partial charge in [-0.25, -0.2) is 0 Å². The van der Waals surface area contributed by atoms with Crippen LogP contribution in [-0.4, -0.2) is 49.3 Å². The molecule has 3 heteroatoms. The number of likely N-dealkylation sites (tertiary alicyclic amines) is 1. The van der Waals surface area contributed by atoms with Crippen LogP contribution in [0.3, 0.4) is 0 Å². The van der Waals surface area contributed by atoms with Gasteiger partial charge in [-0.15, -0.1) is 0 Å². The molecule has 2 fully saturated rings. The van der Waals surface area contributed by atoms with Crippen molar-refractivity contribution in [1.82, 2.24) is 10.2 Å². The monoisotopic (exact) mass is 254 g/mol. The number of piperidine rings is 1. The van der Waals surface area contributed by atoms with E-state index in [0.29, 0.717) is 6.61 Å². The van der Waals surface area contributed by atoms with Crippen molar-refractivity contribution in [3.05, 3.63) is 0 Å². The second kappa shape index (κ2) is 7.46. The van der Waals surface area contributed by atoms with E-state index < -0.39 is 0 Å². The molecule has 1 saturated heterocycles. The van der Waals surface area contributed by atoms with Crippen molar-refractivity contribution < 1.29 is 5.11 Å². The topological polar surface area (TPSA) is 35.5 Å². The maximum absolute atomic E-state index is 9.08. The van der Waals surface area contributed by atoms with Crippen LogP contribution in [0.5, 0.6) is 0 Å². The lowest BCUT2D eigenvalue weighted by Gasteiger charge is -2.39. The summed E-state index contributed by atoms with van der Waals surface area (Å²) in [5.74, 6) is 1.58. The van der Waals surface area contributed by atoms with Crippen LogP contribution in [0.4, 0.5) is 0 Å². The lowest BCUT2D eigenvalue weighted by atomic mass is 9.83. The van der Waals surface area contributed by atoms with E-state index in [9.17, 15) is 0 Å². The molecule has 3 nitrogen and oxygen atoms in total. The SMILES string of the molecule is CNC1CCCCC1CN1CCCC(CCO)C1. The first-order valence-electron chi connectivity index (χ1n) is 7.84. The average Bonchev–Trinajstić information content (AvgIpc) is 2.40. The Morgan fingerprint density at radius 2 is 2.00 bits per heavy atom. The smallest absolute Gasteiger partial charge is 0.0434 e. The van der Waals surface area contributed by atoms with Crippen LogP contribution in [0.2, 0.25) is 0 Å². The Labute approximate surface area is 112 Å². The fourth-order valence-corrected chi connectivity index (χ4v) is 3.87. The molecule has 0 spiro atoms. The Morgan fingerprint density at radius 1 is 1.17 bits per heavy atom. The molecule has 3 atom stereocenters. The van der Waals surface area contributed by atoms with Crippen LogP contribution in [0, 0.1) is 11.8 Å². The molecule has 1 aliphatic carbocycles. The first-order valence-corrected chi connectivity index (χ1v) is 7.84. The fraction of sp³-hybridized carbons (Fsp3) is 1.00. The van der Waals surface area contributed by atoms with Gasteiger partial charge in [-0.3, -0.25) is 0 Å². The minimum Gasteiger partial charge on any atom is -0.396 e. The van der Waals surface area contributed by atoms with Gasteiger partial charge in [-0.05, 0) is 57.5 Å². The molecule has 0 radical (unpaired) electrons. The molecule has 0 aromatic heterocycles. The van der Waals surface area contributed by atoms with E-state index >= 15 is 0 Å². The van der Waals surface area contributed by atoms with Gasteiger partial charge in [0, 0.05) is 25.7 Å². The third-order valence-corrected chi connectivity index (χ3v) is 4.91. The summed E-state index contributed by atoms with van der Waals surface area (Å²) >= 11 is 0. The molecule has 0 aromatic rings. The van der Waals surface area contributed by atoms with Crippen molar-refractivity contribution >= 4 is 0 Å². The molecule has 0 aromatic carbocycles. The summed E-state index contributed by atoms with van der Waals surface area (Å²) in [5.41, 5.74) is 0. The van der Waals surface area contributed by atoms with Gasteiger partial charge in [0.25, 0.3) is 0 Å². The van der Waals surface area contributed by atoms with E-state index in [1.54, 1.807) is 0 Å². The van der Waals surface area contributed by atoms with Gasteiger partial charge in [-0.1, -0.05) is 12.8 Å². The summed E-state index contributed by atoms with van der Waals surface area (Å²) in [6.07, 6.45) is 9.20. The minimum atomic E-state index is 0.362. The van der Waals surface area contributed by atoms with Crippen LogP contribution in [0.15, 0.2) is 0 Å². The highest BCUT2D eigenvalue weighted by Crippen LogP contribution is 2.27. The average molecular weight is 254 g/mol. The van der Waals surface area contributed by atoms with Crippen molar-refractivity contribution in [3.63, 3.8) is 0 Å². The maximum atomic E-state index is 9.08. The Kier molecular flexibility index (Phi) is 5.93. The van der Waals surface area contributed by atoms with E-state index in [-0.39, 0.29) is 0 Å². The number of rotatable bonds is 5. The van der Waals surface area contributed by atoms with E-state index in [1.807, 2.05) is 0 Å². The number of hydrogen-bond acceptors (Lipinski definition) is 3. The zero-order chi connectivity index (χ0) is 12.8. The van der Waals surface area contributed by atoms with Gasteiger partial charge in [-0.2, -0.15) is 0 Å². The highest BCUT2D eigenvalue weighted by Gasteiger charge is 2.27. The van der Waals surface area contributed by atoms with Gasteiger partial charge in [0.2, 0.25) is 0 Å². The standard InChI is InChI=1S/C15H30N2O/c1-16-15-7-3-2-6-14(15)12-17-9-4-5-13(11-17)8-10-18/h13-16,18H,2-12H2,1H3. The second-order valence-electron chi connectivity index (χ2n) is 6.22. The molecule has 1 heterocycles. The van der Waals surface area contributed by atoms with Crippen LogP contribution >= 0.6 is 0 Å². The first-order chi connectivity index (χ1) is 8.83. The summed E-state index contributed by atoms with van der Waals surface area (Å²) in [6.45, 7) is 4.12. The predicted octanol–water partition coefficient (Wildman–Crippen LogP) is 1.86. The number of nitrogens with one attached hydrogen (secondary N) is 1. The van der Waals surface area contributed by atoms with Crippen molar-refractivity contribution in [1.29, 1.82) is 0 Å². The molecule has 0 amide bonds. The highest BCUT2D eigenvalue weighted by atomic mass is 16.3. The number of aliphatic hydroxyl groups excluding tert-OH is 1. The van der Waals surface area contributed by atoms with Gasteiger partial charge in [0.15, 0.2) is 0 Å². The molecule has 2 N–H and O–H groups in total. The number of aliphatic hydroxyl groups is 1. The lowest BCUT2D eigenvalue weighted by Crippen LogP contribution is -2.45. The highest BCUT2D eigenvalue weighted by molar-refractivity contribution is 4.84. The van der Waals surface area contributed by atoms with Crippen molar-refractivity contribution in [2.45, 2.75) is 51.0 Å². The van der Waals surface area contributed by atoms with Crippen molar-refractivity contribution in [3.8, 4) is 0 Å². The quantitative estimate of drug-likeness (QED) is 0.786. The Bertz CT molecular complexity index is 233. The molecule has 18 heavy (non-hydrogen) atoms. The second-order valence-corrected chi connectivity index (χ2v) is 6.22. The van der Waals surface area contributed by atoms with E-state index in [0.717, 1.165) is 24.3 Å². The summed E-state index contributed by atoms with van der Waals surface area (Å²) in [4.78, 5) is 2.66. The third-order valence-electron chi connectivity index (χ3n) is 4.91. The van der Waals surface area contributed by atoms with Crippen LogP contribution in [0.25, 0.3) is 0 Å². The first kappa shape index (κ1) is 14.3. The van der Waals surface area contributed by atoms with Crippen LogP contribution in [0.1, 0.15) is 44.9 Å². The summed E-state index contributed by atoms with van der Waals surface area (Å²) in [5, 5.41) is 12.6. The van der Waals surface area contributed by atoms with E-state index in [2.05, 4.69) is 17.3 Å². The molecular formula is C15H30N2O. The van der Waals surface area contributed by atoms with Crippen molar-refractivity contribution in [2.75, 3.05) is 33.3 Å². The number of hydrogen-bond donors (Lipinski definition) is 2. The lowest BCUT2D eigenvalue weighted by molar-refractivity contribution is 0.110. The fourth-order valence-electron chi connectivity index (χ4n) is 3.87. The minimum absolute atomic E-state index is 0.362. The molecule has 0 bridgehead atoms. The van der Waals surface area contributed by atoms with Crippen molar-refractivity contribution in [2.24, 2.45) is 11.8 Å². The summed E-state index contributed by atoms with van der Waals surface area (Å²) in [7, 11) is 2.12. The molecular weight excluding hydrogens is 224 g/mol. The summed E-state index contributed by atoms with van der Waals surface area (Å²) < 4.78 is 0. The van der Waals surface area contributed by atoms with Gasteiger partial charge < -0.3 is 15.3 Å². The van der Waals surface area contributed by atoms with Crippen LogP contribution in [-0.2, 0) is 0 Å². The summed E-state index contributed by atoms with van der Waals surface area (Å²) in [6, 6.07) is 0.733. The van der Waals surface area contributed by atoms with Crippen LogP contribution < -0.4 is 5.32 Å². The maximum Gasteiger partial charge on any atom is 0.0434 e. The van der Waals surface area contributed by atoms with Gasteiger partial charge in [0.1, 0.15) is 0 Å². The predicted molar refractivity (Wildman–Crippen MR) is 75.7 cm³/mol. The normalized spacial score (nSPS) is 34.7. The number of nitrogens with zero attached hydrogens (tertiary/aromatic N) is 1. The Balaban J connectivity index is 1.80. The molecule has 106 valence electrons. The van der Waals surface area contributed by atoms with Gasteiger partial charge >= 0.3 is 0 Å². The molecule has 1 saturated carbocycles. The molecule has 2 aliphatic rings. The van der Waals surface area contributed by atoms with Gasteiger partial charge in [0.05, 0.1) is 0 Å².